The Balaban J connectivity index is 0.00000361. The van der Waals surface area contributed by atoms with Crippen molar-refractivity contribution in [3.05, 3.63) is 64.2 Å². The molecule has 2 aliphatic rings. The molecule has 2 aliphatic heterocycles. The molecule has 8 nitrogen and oxygen atoms in total. The number of ether oxygens (including phenoxy) is 2. The van der Waals surface area contributed by atoms with Gasteiger partial charge in [-0.3, -0.25) is 19.4 Å². The number of carbonyl (C=O) groups is 3. The number of piperazine rings is 1. The van der Waals surface area contributed by atoms with E-state index in [1.54, 1.807) is 49.4 Å². The van der Waals surface area contributed by atoms with Gasteiger partial charge >= 0.3 is 5.97 Å². The zero-order valence-corrected chi connectivity index (χ0v) is 22.2. The summed E-state index contributed by atoms with van der Waals surface area (Å²) in [6, 6.07) is 11.9. The molecule has 4 rings (SSSR count). The van der Waals surface area contributed by atoms with Gasteiger partial charge in [0.05, 0.1) is 17.7 Å². The molecule has 0 radical (unpaired) electrons. The van der Waals surface area contributed by atoms with E-state index in [0.29, 0.717) is 28.4 Å². The number of hydrogen-bond donors (Lipinski definition) is 0. The van der Waals surface area contributed by atoms with Crippen LogP contribution in [0.25, 0.3) is 0 Å². The van der Waals surface area contributed by atoms with Crippen LogP contribution in [0.15, 0.2) is 42.5 Å². The third kappa shape index (κ3) is 6.37. The van der Waals surface area contributed by atoms with Gasteiger partial charge in [-0.2, -0.15) is 0 Å². The van der Waals surface area contributed by atoms with Crippen molar-refractivity contribution in [3.8, 4) is 5.75 Å². The van der Waals surface area contributed by atoms with Gasteiger partial charge in [-0.25, -0.2) is 4.79 Å². The molecule has 2 aromatic carbocycles. The molecule has 2 amide bonds. The molecule has 36 heavy (non-hydrogen) atoms. The maximum absolute atomic E-state index is 13.0. The van der Waals surface area contributed by atoms with Gasteiger partial charge < -0.3 is 14.4 Å². The third-order valence-electron chi connectivity index (χ3n) is 6.38. The predicted molar refractivity (Wildman–Crippen MR) is 139 cm³/mol. The van der Waals surface area contributed by atoms with Gasteiger partial charge in [0.2, 0.25) is 0 Å². The first-order chi connectivity index (χ1) is 16.7. The van der Waals surface area contributed by atoms with Crippen LogP contribution in [0.1, 0.15) is 33.2 Å². The molecule has 194 valence electrons. The Bertz CT molecular complexity index is 1090. The highest BCUT2D eigenvalue weighted by Crippen LogP contribution is 2.24. The first kappa shape index (κ1) is 27.9. The lowest BCUT2D eigenvalue weighted by molar-refractivity contribution is -0.158. The normalized spacial score (nSPS) is 17.8. The number of halogens is 2. The Morgan fingerprint density at radius 3 is 2.19 bits per heavy atom. The largest absolute Gasteiger partial charge is 0.479 e. The number of aryl methyl sites for hydroxylation is 1. The van der Waals surface area contributed by atoms with Crippen LogP contribution in [0.5, 0.6) is 5.75 Å². The van der Waals surface area contributed by atoms with E-state index in [-0.39, 0.29) is 30.8 Å². The summed E-state index contributed by atoms with van der Waals surface area (Å²) in [7, 11) is 2.06. The SMILES string of the molecule is Cc1cc(OC(C)C(=O)OC(CN2CCN(C)CC2)CN2C(=O)c3ccccc3C2=O)ccc1Cl.Cl. The highest BCUT2D eigenvalue weighted by Gasteiger charge is 2.38. The summed E-state index contributed by atoms with van der Waals surface area (Å²) in [6.07, 6.45) is -1.57. The number of fused-ring (bicyclic) bond motifs is 1. The van der Waals surface area contributed by atoms with Crippen LogP contribution in [0.3, 0.4) is 0 Å². The van der Waals surface area contributed by atoms with Crippen molar-refractivity contribution >= 4 is 41.8 Å². The van der Waals surface area contributed by atoms with Crippen LogP contribution in [0.2, 0.25) is 5.02 Å². The minimum Gasteiger partial charge on any atom is -0.479 e. The summed E-state index contributed by atoms with van der Waals surface area (Å²) in [4.78, 5) is 44.4. The molecular formula is C26H31Cl2N3O5. The Morgan fingerprint density at radius 2 is 1.61 bits per heavy atom. The highest BCUT2D eigenvalue weighted by molar-refractivity contribution is 6.31. The predicted octanol–water partition coefficient (Wildman–Crippen LogP) is 3.29. The van der Waals surface area contributed by atoms with Crippen molar-refractivity contribution in [2.75, 3.05) is 46.3 Å². The highest BCUT2D eigenvalue weighted by atomic mass is 35.5. The van der Waals surface area contributed by atoms with E-state index in [9.17, 15) is 14.4 Å². The summed E-state index contributed by atoms with van der Waals surface area (Å²) in [5, 5.41) is 0.612. The topological polar surface area (TPSA) is 79.4 Å². The summed E-state index contributed by atoms with van der Waals surface area (Å²) >= 11 is 6.07. The molecule has 2 atom stereocenters. The van der Waals surface area contributed by atoms with E-state index in [1.807, 2.05) is 6.92 Å². The number of carbonyl (C=O) groups excluding carboxylic acids is 3. The number of amides is 2. The van der Waals surface area contributed by atoms with Crippen LogP contribution in [0, 0.1) is 6.92 Å². The van der Waals surface area contributed by atoms with Crippen LogP contribution >= 0.6 is 24.0 Å². The molecular weight excluding hydrogens is 505 g/mol. The lowest BCUT2D eigenvalue weighted by Crippen LogP contribution is -2.51. The number of rotatable bonds is 8. The van der Waals surface area contributed by atoms with Crippen molar-refractivity contribution < 1.29 is 23.9 Å². The first-order valence-electron chi connectivity index (χ1n) is 11.7. The minimum atomic E-state index is -0.882. The minimum absolute atomic E-state index is 0. The maximum Gasteiger partial charge on any atom is 0.347 e. The number of nitrogens with zero attached hydrogens (tertiary/aromatic N) is 3. The molecule has 2 heterocycles. The number of benzene rings is 2. The number of imide groups is 1. The molecule has 10 heteroatoms. The van der Waals surface area contributed by atoms with Crippen molar-refractivity contribution in [3.63, 3.8) is 0 Å². The second-order valence-electron chi connectivity index (χ2n) is 9.10. The number of esters is 1. The molecule has 1 fully saturated rings. The van der Waals surface area contributed by atoms with Crippen molar-refractivity contribution in [1.29, 1.82) is 0 Å². The van der Waals surface area contributed by atoms with Gasteiger partial charge in [-0.05, 0) is 56.8 Å². The Kier molecular flexibility index (Phi) is 9.35. The van der Waals surface area contributed by atoms with Gasteiger partial charge in [0.15, 0.2) is 6.10 Å². The number of likely N-dealkylation sites (N-methyl/N-ethyl adjacent to an activating group) is 1. The Morgan fingerprint density at radius 1 is 1.00 bits per heavy atom. The maximum atomic E-state index is 13.0. The third-order valence-corrected chi connectivity index (χ3v) is 6.80. The molecule has 0 N–H and O–H groups in total. The molecule has 0 aliphatic carbocycles. The standard InChI is InChI=1S/C26H30ClN3O5.ClH/c1-17-14-19(8-9-23(17)27)34-18(2)26(33)35-20(15-29-12-10-28(3)11-13-29)16-30-24(31)21-6-4-5-7-22(21)25(30)32;/h4-9,14,18,20H,10-13,15-16H2,1-3H3;1H. The van der Waals surface area contributed by atoms with Gasteiger partial charge in [-0.15, -0.1) is 12.4 Å². The summed E-state index contributed by atoms with van der Waals surface area (Å²) in [5.74, 6) is -0.794. The van der Waals surface area contributed by atoms with Crippen LogP contribution < -0.4 is 4.74 Å². The zero-order valence-electron chi connectivity index (χ0n) is 20.6. The molecule has 2 unspecified atom stereocenters. The smallest absolute Gasteiger partial charge is 0.347 e. The summed E-state index contributed by atoms with van der Waals surface area (Å²) < 4.78 is 11.6. The molecule has 2 aromatic rings. The van der Waals surface area contributed by atoms with Crippen molar-refractivity contribution in [2.24, 2.45) is 0 Å². The second-order valence-corrected chi connectivity index (χ2v) is 9.51. The van der Waals surface area contributed by atoms with Crippen molar-refractivity contribution in [1.82, 2.24) is 14.7 Å². The van der Waals surface area contributed by atoms with E-state index in [4.69, 9.17) is 21.1 Å². The Hall–Kier alpha value is -2.65. The lowest BCUT2D eigenvalue weighted by Gasteiger charge is -2.35. The van der Waals surface area contributed by atoms with Gasteiger partial charge in [0.25, 0.3) is 11.8 Å². The average molecular weight is 536 g/mol. The number of hydrogen-bond acceptors (Lipinski definition) is 7. The fourth-order valence-electron chi connectivity index (χ4n) is 4.26. The monoisotopic (exact) mass is 535 g/mol. The van der Waals surface area contributed by atoms with Gasteiger partial charge in [0, 0.05) is 37.7 Å². The first-order valence-corrected chi connectivity index (χ1v) is 12.1. The van der Waals surface area contributed by atoms with Crippen LogP contribution in [-0.4, -0.2) is 91.0 Å². The summed E-state index contributed by atoms with van der Waals surface area (Å²) in [5.41, 5.74) is 1.58. The van der Waals surface area contributed by atoms with E-state index in [1.165, 1.54) is 4.90 Å². The molecule has 0 saturated carbocycles. The van der Waals surface area contributed by atoms with Gasteiger partial charge in [-0.1, -0.05) is 23.7 Å². The molecule has 1 saturated heterocycles. The van der Waals surface area contributed by atoms with E-state index in [2.05, 4.69) is 16.8 Å². The van der Waals surface area contributed by atoms with E-state index in [0.717, 1.165) is 31.7 Å². The van der Waals surface area contributed by atoms with Crippen molar-refractivity contribution in [2.45, 2.75) is 26.1 Å². The fraction of sp³-hybridized carbons (Fsp3) is 0.423. The second kappa shape index (κ2) is 12.1. The fourth-order valence-corrected chi connectivity index (χ4v) is 4.38. The van der Waals surface area contributed by atoms with E-state index >= 15 is 0 Å². The average Bonchev–Trinajstić information content (AvgIpc) is 3.07. The summed E-state index contributed by atoms with van der Waals surface area (Å²) in [6.45, 7) is 7.27. The molecule has 0 spiro atoms. The van der Waals surface area contributed by atoms with Gasteiger partial charge in [0.1, 0.15) is 11.9 Å². The van der Waals surface area contributed by atoms with E-state index < -0.39 is 18.2 Å². The Labute approximate surface area is 222 Å². The molecule has 0 aromatic heterocycles. The lowest BCUT2D eigenvalue weighted by atomic mass is 10.1. The zero-order chi connectivity index (χ0) is 25.1. The molecule has 0 bridgehead atoms. The quantitative estimate of drug-likeness (QED) is 0.379. The van der Waals surface area contributed by atoms with Crippen LogP contribution in [0.4, 0.5) is 0 Å². The van der Waals surface area contributed by atoms with Crippen LogP contribution in [-0.2, 0) is 9.53 Å².